The summed E-state index contributed by atoms with van der Waals surface area (Å²) in [5.41, 5.74) is 5.05. The van der Waals surface area contributed by atoms with Gasteiger partial charge in [0.2, 0.25) is 5.91 Å². The fourth-order valence-electron chi connectivity index (χ4n) is 2.50. The molecule has 1 rings (SSSR count). The van der Waals surface area contributed by atoms with E-state index in [-0.39, 0.29) is 5.91 Å². The first-order valence-electron chi connectivity index (χ1n) is 7.21. The predicted octanol–water partition coefficient (Wildman–Crippen LogP) is 2.69. The molecule has 0 aromatic heterocycles. The van der Waals surface area contributed by atoms with Crippen molar-refractivity contribution < 1.29 is 4.79 Å². The van der Waals surface area contributed by atoms with Crippen LogP contribution in [0.1, 0.15) is 60.3 Å². The zero-order chi connectivity index (χ0) is 14.0. The Hall–Kier alpha value is -0.570. The van der Waals surface area contributed by atoms with Crippen molar-refractivity contribution in [1.29, 1.82) is 0 Å². The number of rotatable bonds is 4. The van der Waals surface area contributed by atoms with Crippen molar-refractivity contribution in [2.24, 2.45) is 23.0 Å². The summed E-state index contributed by atoms with van der Waals surface area (Å²) in [4.78, 5) is 12.2. The minimum Gasteiger partial charge on any atom is -0.355 e. The third kappa shape index (κ3) is 3.71. The second kappa shape index (κ2) is 5.60. The molecule has 1 amide bonds. The highest BCUT2D eigenvalue weighted by Gasteiger charge is 2.40. The lowest BCUT2D eigenvalue weighted by atomic mass is 9.74. The molecule has 0 radical (unpaired) electrons. The van der Waals surface area contributed by atoms with E-state index in [1.807, 2.05) is 27.7 Å². The molecule has 18 heavy (non-hydrogen) atoms. The molecule has 2 unspecified atom stereocenters. The van der Waals surface area contributed by atoms with Crippen molar-refractivity contribution in [2.45, 2.75) is 65.8 Å². The maximum absolute atomic E-state index is 12.2. The Morgan fingerprint density at radius 2 is 1.89 bits per heavy atom. The highest BCUT2D eigenvalue weighted by Crippen LogP contribution is 2.30. The SMILES string of the molecule is CC1CCCC(CNC(=O)C(C)(C)C(C)(C)N)C1. The van der Waals surface area contributed by atoms with Gasteiger partial charge in [0.05, 0.1) is 5.41 Å². The number of hydrogen-bond acceptors (Lipinski definition) is 2. The Kier molecular flexibility index (Phi) is 4.82. The first-order chi connectivity index (χ1) is 8.14. The Morgan fingerprint density at radius 3 is 2.39 bits per heavy atom. The molecule has 3 heteroatoms. The fourth-order valence-corrected chi connectivity index (χ4v) is 2.50. The molecule has 0 bridgehead atoms. The molecule has 1 fully saturated rings. The Labute approximate surface area is 112 Å². The second-order valence-corrected chi connectivity index (χ2v) is 7.19. The Bertz CT molecular complexity index is 291. The summed E-state index contributed by atoms with van der Waals surface area (Å²) in [5.74, 6) is 1.53. The van der Waals surface area contributed by atoms with Crippen LogP contribution in [0.4, 0.5) is 0 Å². The topological polar surface area (TPSA) is 55.1 Å². The van der Waals surface area contributed by atoms with Gasteiger partial charge in [-0.25, -0.2) is 0 Å². The molecule has 1 saturated carbocycles. The van der Waals surface area contributed by atoms with Crippen molar-refractivity contribution in [1.82, 2.24) is 5.32 Å². The summed E-state index contributed by atoms with van der Waals surface area (Å²) in [6, 6.07) is 0. The normalized spacial score (nSPS) is 25.9. The lowest BCUT2D eigenvalue weighted by Gasteiger charge is -2.37. The molecule has 0 aromatic carbocycles. The van der Waals surface area contributed by atoms with Gasteiger partial charge < -0.3 is 11.1 Å². The van der Waals surface area contributed by atoms with E-state index in [1.165, 1.54) is 25.7 Å². The summed E-state index contributed by atoms with van der Waals surface area (Å²) >= 11 is 0. The van der Waals surface area contributed by atoms with Gasteiger partial charge in [0.15, 0.2) is 0 Å². The van der Waals surface area contributed by atoms with E-state index in [0.29, 0.717) is 5.92 Å². The lowest BCUT2D eigenvalue weighted by molar-refractivity contribution is -0.132. The number of amides is 1. The molecule has 1 aliphatic rings. The molecule has 2 atom stereocenters. The number of carbonyl (C=O) groups is 1. The van der Waals surface area contributed by atoms with Gasteiger partial charge in [-0.05, 0) is 52.4 Å². The predicted molar refractivity (Wildman–Crippen MR) is 76.2 cm³/mol. The Balaban J connectivity index is 2.46. The number of nitrogens with one attached hydrogen (secondary N) is 1. The molecule has 3 N–H and O–H groups in total. The largest absolute Gasteiger partial charge is 0.355 e. The van der Waals surface area contributed by atoms with Crippen LogP contribution in [0.15, 0.2) is 0 Å². The molecule has 106 valence electrons. The summed E-state index contributed by atoms with van der Waals surface area (Å²) in [7, 11) is 0. The molecule has 0 heterocycles. The molecule has 0 aromatic rings. The summed E-state index contributed by atoms with van der Waals surface area (Å²) < 4.78 is 0. The molecular weight excluding hydrogens is 224 g/mol. The van der Waals surface area contributed by atoms with E-state index in [2.05, 4.69) is 12.2 Å². The van der Waals surface area contributed by atoms with Crippen LogP contribution in [-0.2, 0) is 4.79 Å². The second-order valence-electron chi connectivity index (χ2n) is 7.19. The molecule has 3 nitrogen and oxygen atoms in total. The maximum atomic E-state index is 12.2. The fraction of sp³-hybridized carbons (Fsp3) is 0.933. The van der Waals surface area contributed by atoms with Crippen molar-refractivity contribution in [2.75, 3.05) is 6.54 Å². The van der Waals surface area contributed by atoms with Gasteiger partial charge in [-0.2, -0.15) is 0 Å². The number of nitrogens with two attached hydrogens (primary N) is 1. The van der Waals surface area contributed by atoms with E-state index in [4.69, 9.17) is 5.73 Å². The molecule has 0 saturated heterocycles. The molecular formula is C15H30N2O. The van der Waals surface area contributed by atoms with Gasteiger partial charge in [-0.15, -0.1) is 0 Å². The third-order valence-corrected chi connectivity index (χ3v) is 4.77. The third-order valence-electron chi connectivity index (χ3n) is 4.77. The first kappa shape index (κ1) is 15.5. The van der Waals surface area contributed by atoms with Crippen LogP contribution in [0.5, 0.6) is 0 Å². The van der Waals surface area contributed by atoms with Crippen LogP contribution in [0, 0.1) is 17.3 Å². The van der Waals surface area contributed by atoms with Gasteiger partial charge in [0, 0.05) is 12.1 Å². The van der Waals surface area contributed by atoms with Crippen LogP contribution in [0.3, 0.4) is 0 Å². The van der Waals surface area contributed by atoms with Gasteiger partial charge in [0.1, 0.15) is 0 Å². The monoisotopic (exact) mass is 254 g/mol. The average Bonchev–Trinajstić information content (AvgIpc) is 2.24. The van der Waals surface area contributed by atoms with Gasteiger partial charge in [0.25, 0.3) is 0 Å². The first-order valence-corrected chi connectivity index (χ1v) is 7.21. The molecule has 0 spiro atoms. The quantitative estimate of drug-likeness (QED) is 0.810. The van der Waals surface area contributed by atoms with Crippen molar-refractivity contribution in [3.63, 3.8) is 0 Å². The van der Waals surface area contributed by atoms with E-state index >= 15 is 0 Å². The highest BCUT2D eigenvalue weighted by molar-refractivity contribution is 5.83. The molecule has 0 aliphatic heterocycles. The van der Waals surface area contributed by atoms with E-state index in [0.717, 1.165) is 12.5 Å². The van der Waals surface area contributed by atoms with Crippen LogP contribution < -0.4 is 11.1 Å². The van der Waals surface area contributed by atoms with Gasteiger partial charge in [-0.1, -0.05) is 19.8 Å². The number of carbonyl (C=O) groups excluding carboxylic acids is 1. The zero-order valence-corrected chi connectivity index (χ0v) is 12.7. The summed E-state index contributed by atoms with van der Waals surface area (Å²) in [6.45, 7) is 10.8. The smallest absolute Gasteiger partial charge is 0.227 e. The standard InChI is InChI=1S/C15H30N2O/c1-11-7-6-8-12(9-11)10-17-13(18)14(2,3)15(4,5)16/h11-12H,6-10,16H2,1-5H3,(H,17,18). The number of hydrogen-bond donors (Lipinski definition) is 2. The van der Waals surface area contributed by atoms with Crippen molar-refractivity contribution in [3.8, 4) is 0 Å². The summed E-state index contributed by atoms with van der Waals surface area (Å²) in [6.07, 6.45) is 5.13. The minimum absolute atomic E-state index is 0.0771. The van der Waals surface area contributed by atoms with Gasteiger partial charge >= 0.3 is 0 Å². The Morgan fingerprint density at radius 1 is 1.28 bits per heavy atom. The highest BCUT2D eigenvalue weighted by atomic mass is 16.2. The van der Waals surface area contributed by atoms with Gasteiger partial charge in [-0.3, -0.25) is 4.79 Å². The average molecular weight is 254 g/mol. The van der Waals surface area contributed by atoms with Crippen LogP contribution in [0.25, 0.3) is 0 Å². The van der Waals surface area contributed by atoms with Crippen LogP contribution >= 0.6 is 0 Å². The summed E-state index contributed by atoms with van der Waals surface area (Å²) in [5, 5.41) is 3.10. The van der Waals surface area contributed by atoms with E-state index < -0.39 is 11.0 Å². The minimum atomic E-state index is -0.534. The van der Waals surface area contributed by atoms with Crippen molar-refractivity contribution in [3.05, 3.63) is 0 Å². The van der Waals surface area contributed by atoms with Crippen LogP contribution in [0.2, 0.25) is 0 Å². The molecule has 1 aliphatic carbocycles. The maximum Gasteiger partial charge on any atom is 0.227 e. The van der Waals surface area contributed by atoms with Crippen LogP contribution in [-0.4, -0.2) is 18.0 Å². The van der Waals surface area contributed by atoms with E-state index in [1.54, 1.807) is 0 Å². The van der Waals surface area contributed by atoms with E-state index in [9.17, 15) is 4.79 Å². The zero-order valence-electron chi connectivity index (χ0n) is 12.7. The lowest BCUT2D eigenvalue weighted by Crippen LogP contribution is -2.56. The van der Waals surface area contributed by atoms with Crippen molar-refractivity contribution >= 4 is 5.91 Å².